The van der Waals surface area contributed by atoms with Crippen LogP contribution in [-0.4, -0.2) is 22.6 Å². The molecule has 0 atom stereocenters. The van der Waals surface area contributed by atoms with E-state index in [9.17, 15) is 14.0 Å². The summed E-state index contributed by atoms with van der Waals surface area (Å²) in [6, 6.07) is 17.0. The summed E-state index contributed by atoms with van der Waals surface area (Å²) in [4.78, 5) is 30.3. The minimum Gasteiger partial charge on any atom is -0.321 e. The van der Waals surface area contributed by atoms with Crippen molar-refractivity contribution >= 4 is 57.1 Å². The first-order valence-electron chi connectivity index (χ1n) is 9.16. The number of thiophene rings is 1. The number of thiazole rings is 1. The molecule has 0 saturated carbocycles. The van der Waals surface area contributed by atoms with Gasteiger partial charge in [-0.25, -0.2) is 9.37 Å². The van der Waals surface area contributed by atoms with E-state index < -0.39 is 0 Å². The average Bonchev–Trinajstić information content (AvgIpc) is 3.46. The van der Waals surface area contributed by atoms with Gasteiger partial charge < -0.3 is 10.6 Å². The number of hydrogen-bond donors (Lipinski definition) is 2. The highest BCUT2D eigenvalue weighted by atomic mass is 32.2. The molecule has 2 N–H and O–H groups in total. The highest BCUT2D eigenvalue weighted by molar-refractivity contribution is 8.00. The number of thioether (sulfide) groups is 1. The van der Waals surface area contributed by atoms with Crippen LogP contribution in [0.5, 0.6) is 0 Å². The SMILES string of the molecule is O=C(CSc1ccc(NC(=O)c2cccs2)cc1)Nc1nc(-c2ccc(F)cc2)cs1. The Morgan fingerprint density at radius 2 is 1.74 bits per heavy atom. The van der Waals surface area contributed by atoms with Crippen molar-refractivity contribution in [1.29, 1.82) is 0 Å². The van der Waals surface area contributed by atoms with E-state index in [0.29, 0.717) is 21.4 Å². The average molecular weight is 470 g/mol. The van der Waals surface area contributed by atoms with Gasteiger partial charge in [-0.15, -0.1) is 34.4 Å². The van der Waals surface area contributed by atoms with Gasteiger partial charge in [0, 0.05) is 21.5 Å². The molecule has 0 saturated heterocycles. The number of carbonyl (C=O) groups excluding carboxylic acids is 2. The number of nitrogens with one attached hydrogen (secondary N) is 2. The Morgan fingerprint density at radius 3 is 2.45 bits per heavy atom. The van der Waals surface area contributed by atoms with Crippen LogP contribution >= 0.6 is 34.4 Å². The summed E-state index contributed by atoms with van der Waals surface area (Å²) < 4.78 is 13.0. The van der Waals surface area contributed by atoms with E-state index in [0.717, 1.165) is 10.5 Å². The molecule has 2 aromatic heterocycles. The lowest BCUT2D eigenvalue weighted by Gasteiger charge is -2.06. The molecule has 4 rings (SSSR count). The monoisotopic (exact) mass is 469 g/mol. The quantitative estimate of drug-likeness (QED) is 0.326. The van der Waals surface area contributed by atoms with Gasteiger partial charge in [-0.05, 0) is 60.0 Å². The normalized spacial score (nSPS) is 10.6. The van der Waals surface area contributed by atoms with Crippen molar-refractivity contribution in [2.75, 3.05) is 16.4 Å². The Kier molecular flexibility index (Phi) is 6.76. The molecule has 0 radical (unpaired) electrons. The first kappa shape index (κ1) is 21.2. The third-order valence-electron chi connectivity index (χ3n) is 4.12. The van der Waals surface area contributed by atoms with Crippen molar-refractivity contribution < 1.29 is 14.0 Å². The molecule has 5 nitrogen and oxygen atoms in total. The van der Waals surface area contributed by atoms with E-state index >= 15 is 0 Å². The highest BCUT2D eigenvalue weighted by Gasteiger charge is 2.10. The molecular formula is C22H16FN3O2S3. The zero-order valence-corrected chi connectivity index (χ0v) is 18.5. The molecule has 2 heterocycles. The van der Waals surface area contributed by atoms with Crippen LogP contribution in [0.3, 0.4) is 0 Å². The minimum absolute atomic E-state index is 0.141. The largest absolute Gasteiger partial charge is 0.321 e. The number of hydrogen-bond acceptors (Lipinski definition) is 6. The molecule has 0 bridgehead atoms. The van der Waals surface area contributed by atoms with Crippen LogP contribution in [0.4, 0.5) is 15.2 Å². The third kappa shape index (κ3) is 5.78. The molecule has 0 unspecified atom stereocenters. The van der Waals surface area contributed by atoms with E-state index in [-0.39, 0.29) is 23.4 Å². The van der Waals surface area contributed by atoms with Gasteiger partial charge >= 0.3 is 0 Å². The maximum Gasteiger partial charge on any atom is 0.265 e. The van der Waals surface area contributed by atoms with Crippen LogP contribution in [0.1, 0.15) is 9.67 Å². The maximum absolute atomic E-state index is 13.0. The summed E-state index contributed by atoms with van der Waals surface area (Å²) in [6.45, 7) is 0. The minimum atomic E-state index is -0.303. The van der Waals surface area contributed by atoms with Crippen molar-refractivity contribution in [2.45, 2.75) is 4.90 Å². The van der Waals surface area contributed by atoms with Gasteiger partial charge in [0.2, 0.25) is 5.91 Å². The van der Waals surface area contributed by atoms with Crippen molar-refractivity contribution in [3.63, 3.8) is 0 Å². The Balaban J connectivity index is 1.27. The van der Waals surface area contributed by atoms with Crippen molar-refractivity contribution in [2.24, 2.45) is 0 Å². The molecular weight excluding hydrogens is 453 g/mol. The van der Waals surface area contributed by atoms with Crippen LogP contribution in [-0.2, 0) is 4.79 Å². The molecule has 2 aromatic carbocycles. The number of nitrogens with zero attached hydrogens (tertiary/aromatic N) is 1. The third-order valence-corrected chi connectivity index (χ3v) is 6.76. The fraction of sp³-hybridized carbons (Fsp3) is 0.0455. The van der Waals surface area contributed by atoms with Crippen LogP contribution < -0.4 is 10.6 Å². The smallest absolute Gasteiger partial charge is 0.265 e. The lowest BCUT2D eigenvalue weighted by molar-refractivity contribution is -0.113. The Labute approximate surface area is 190 Å². The summed E-state index contributed by atoms with van der Waals surface area (Å²) >= 11 is 4.10. The van der Waals surface area contributed by atoms with E-state index in [2.05, 4.69) is 15.6 Å². The molecule has 0 aliphatic rings. The molecule has 0 aliphatic carbocycles. The van der Waals surface area contributed by atoms with Gasteiger partial charge in [0.1, 0.15) is 5.82 Å². The van der Waals surface area contributed by atoms with Gasteiger partial charge in [0.05, 0.1) is 16.3 Å². The van der Waals surface area contributed by atoms with Crippen molar-refractivity contribution in [3.05, 3.63) is 82.1 Å². The Hall–Kier alpha value is -3.01. The standard InChI is InChI=1S/C22H16FN3O2S3/c23-15-5-3-14(4-6-15)18-12-31-22(25-18)26-20(27)13-30-17-9-7-16(8-10-17)24-21(28)19-2-1-11-29-19/h1-12H,13H2,(H,24,28)(H,25,26,27). The summed E-state index contributed by atoms with van der Waals surface area (Å²) in [5, 5.41) is 9.80. The number of benzene rings is 2. The topological polar surface area (TPSA) is 71.1 Å². The zero-order valence-electron chi connectivity index (χ0n) is 16.0. The summed E-state index contributed by atoms with van der Waals surface area (Å²) in [5.74, 6) is -0.382. The molecule has 4 aromatic rings. The summed E-state index contributed by atoms with van der Waals surface area (Å²) in [5.41, 5.74) is 2.18. The number of rotatable bonds is 7. The Morgan fingerprint density at radius 1 is 0.968 bits per heavy atom. The van der Waals surface area contributed by atoms with Crippen LogP contribution in [0.2, 0.25) is 0 Å². The van der Waals surface area contributed by atoms with E-state index in [4.69, 9.17) is 0 Å². The number of amides is 2. The molecule has 9 heteroatoms. The van der Waals surface area contributed by atoms with Crippen LogP contribution in [0.15, 0.2) is 76.3 Å². The number of aromatic nitrogens is 1. The van der Waals surface area contributed by atoms with Gasteiger partial charge in [0.25, 0.3) is 5.91 Å². The number of carbonyl (C=O) groups is 2. The molecule has 0 fully saturated rings. The second-order valence-corrected chi connectivity index (χ2v) is 9.19. The van der Waals surface area contributed by atoms with Gasteiger partial charge in [-0.1, -0.05) is 6.07 Å². The van der Waals surface area contributed by atoms with E-state index in [1.807, 2.05) is 41.1 Å². The van der Waals surface area contributed by atoms with Crippen LogP contribution in [0.25, 0.3) is 11.3 Å². The lowest BCUT2D eigenvalue weighted by Crippen LogP contribution is -2.13. The van der Waals surface area contributed by atoms with Crippen LogP contribution in [0, 0.1) is 5.82 Å². The Bertz CT molecular complexity index is 1170. The fourth-order valence-corrected chi connectivity index (χ4v) is 4.68. The molecule has 31 heavy (non-hydrogen) atoms. The highest BCUT2D eigenvalue weighted by Crippen LogP contribution is 2.26. The van der Waals surface area contributed by atoms with Gasteiger partial charge in [0.15, 0.2) is 5.13 Å². The second kappa shape index (κ2) is 9.86. The zero-order chi connectivity index (χ0) is 21.6. The molecule has 156 valence electrons. The van der Waals surface area contributed by atoms with E-state index in [1.165, 1.54) is 46.6 Å². The van der Waals surface area contributed by atoms with Gasteiger partial charge in [-0.2, -0.15) is 0 Å². The molecule has 0 spiro atoms. The summed E-state index contributed by atoms with van der Waals surface area (Å²) in [6.07, 6.45) is 0. The maximum atomic E-state index is 13.0. The first-order chi connectivity index (χ1) is 15.1. The predicted molar refractivity (Wildman–Crippen MR) is 126 cm³/mol. The predicted octanol–water partition coefficient (Wildman–Crippen LogP) is 5.99. The second-order valence-electron chi connectivity index (χ2n) is 6.34. The number of halogens is 1. The molecule has 2 amide bonds. The van der Waals surface area contributed by atoms with Crippen molar-refractivity contribution in [3.8, 4) is 11.3 Å². The first-order valence-corrected chi connectivity index (χ1v) is 11.9. The summed E-state index contributed by atoms with van der Waals surface area (Å²) in [7, 11) is 0. The van der Waals surface area contributed by atoms with E-state index in [1.54, 1.807) is 18.2 Å². The lowest BCUT2D eigenvalue weighted by atomic mass is 10.2. The fourth-order valence-electron chi connectivity index (χ4n) is 2.62. The van der Waals surface area contributed by atoms with Gasteiger partial charge in [-0.3, -0.25) is 9.59 Å². The number of anilines is 2. The van der Waals surface area contributed by atoms with Crippen molar-refractivity contribution in [1.82, 2.24) is 4.98 Å². The molecule has 0 aliphatic heterocycles.